The summed E-state index contributed by atoms with van der Waals surface area (Å²) < 4.78 is 5.15. The molecule has 2 nitrogen and oxygen atoms in total. The van der Waals surface area contributed by atoms with Crippen LogP contribution in [0.4, 0.5) is 0 Å². The molecule has 98 valence electrons. The average molecular weight is 284 g/mol. The van der Waals surface area contributed by atoms with E-state index >= 15 is 0 Å². The number of nitrogens with zero attached hydrogens (tertiary/aromatic N) is 1. The van der Waals surface area contributed by atoms with Crippen molar-refractivity contribution in [3.8, 4) is 5.75 Å². The van der Waals surface area contributed by atoms with Crippen LogP contribution in [-0.2, 0) is 0 Å². The number of benzene rings is 1. The van der Waals surface area contributed by atoms with Crippen LogP contribution >= 0.6 is 23.8 Å². The lowest BCUT2D eigenvalue weighted by molar-refractivity contribution is 0.284. The summed E-state index contributed by atoms with van der Waals surface area (Å²) >= 11 is 11.7. The van der Waals surface area contributed by atoms with E-state index in [-0.39, 0.29) is 0 Å². The lowest BCUT2D eigenvalue weighted by Crippen LogP contribution is -2.37. The Balaban J connectivity index is 2.11. The van der Waals surface area contributed by atoms with E-state index in [9.17, 15) is 0 Å². The molecule has 18 heavy (non-hydrogen) atoms. The zero-order valence-electron chi connectivity index (χ0n) is 10.8. The zero-order chi connectivity index (χ0) is 13.1. The number of halogens is 1. The number of hydrogen-bond donors (Lipinski definition) is 0. The van der Waals surface area contributed by atoms with Crippen molar-refractivity contribution in [1.29, 1.82) is 0 Å². The van der Waals surface area contributed by atoms with Crippen molar-refractivity contribution in [2.24, 2.45) is 5.92 Å². The van der Waals surface area contributed by atoms with Crippen LogP contribution in [0.25, 0.3) is 0 Å². The molecule has 1 aromatic carbocycles. The number of ether oxygens (including phenoxy) is 1. The lowest BCUT2D eigenvalue weighted by atomic mass is 9.99. The van der Waals surface area contributed by atoms with Crippen molar-refractivity contribution in [2.45, 2.75) is 19.8 Å². The second kappa shape index (κ2) is 5.89. The van der Waals surface area contributed by atoms with Crippen LogP contribution in [0, 0.1) is 5.92 Å². The third-order valence-corrected chi connectivity index (χ3v) is 4.26. The van der Waals surface area contributed by atoms with E-state index in [0.717, 1.165) is 29.6 Å². The van der Waals surface area contributed by atoms with E-state index in [0.29, 0.717) is 10.8 Å². The first-order valence-electron chi connectivity index (χ1n) is 6.24. The standard InChI is InChI=1S/C14H18ClNOS/c1-10-5-7-16(8-6-10)14(18)11-3-4-13(17-2)12(15)9-11/h3-4,9-10H,5-8H2,1-2H3. The summed E-state index contributed by atoms with van der Waals surface area (Å²) in [5, 5.41) is 0.614. The highest BCUT2D eigenvalue weighted by molar-refractivity contribution is 7.80. The van der Waals surface area contributed by atoms with E-state index in [1.54, 1.807) is 7.11 Å². The summed E-state index contributed by atoms with van der Waals surface area (Å²) in [6.07, 6.45) is 2.42. The van der Waals surface area contributed by atoms with E-state index in [1.807, 2.05) is 18.2 Å². The maximum absolute atomic E-state index is 6.13. The number of methoxy groups -OCH3 is 1. The summed E-state index contributed by atoms with van der Waals surface area (Å²) in [4.78, 5) is 3.17. The van der Waals surface area contributed by atoms with E-state index in [1.165, 1.54) is 12.8 Å². The monoisotopic (exact) mass is 283 g/mol. The van der Waals surface area contributed by atoms with Gasteiger partial charge in [-0.15, -0.1) is 0 Å². The first kappa shape index (κ1) is 13.6. The van der Waals surface area contributed by atoms with Gasteiger partial charge in [0.15, 0.2) is 0 Å². The molecule has 1 aliphatic rings. The second-order valence-electron chi connectivity index (χ2n) is 4.82. The number of thiocarbonyl (C=S) groups is 1. The molecule has 0 saturated carbocycles. The van der Waals surface area contributed by atoms with Crippen molar-refractivity contribution in [1.82, 2.24) is 4.90 Å². The molecule has 0 amide bonds. The highest BCUT2D eigenvalue weighted by Crippen LogP contribution is 2.26. The molecule has 0 N–H and O–H groups in total. The molecule has 1 saturated heterocycles. The molecule has 1 heterocycles. The fourth-order valence-electron chi connectivity index (χ4n) is 2.19. The molecule has 0 unspecified atom stereocenters. The van der Waals surface area contributed by atoms with Crippen molar-refractivity contribution in [3.63, 3.8) is 0 Å². The molecule has 0 aliphatic carbocycles. The molecule has 1 fully saturated rings. The first-order chi connectivity index (χ1) is 8.61. The number of hydrogen-bond acceptors (Lipinski definition) is 2. The zero-order valence-corrected chi connectivity index (χ0v) is 12.4. The molecule has 0 spiro atoms. The van der Waals surface area contributed by atoms with Crippen molar-refractivity contribution in [2.75, 3.05) is 20.2 Å². The molecule has 1 aromatic rings. The summed E-state index contributed by atoms with van der Waals surface area (Å²) in [7, 11) is 1.62. The van der Waals surface area contributed by atoms with Gasteiger partial charge in [-0.05, 0) is 37.0 Å². The third kappa shape index (κ3) is 2.96. The fourth-order valence-corrected chi connectivity index (χ4v) is 2.76. The van der Waals surface area contributed by atoms with E-state index < -0.39 is 0 Å². The molecule has 1 aliphatic heterocycles. The van der Waals surface area contributed by atoms with Gasteiger partial charge in [-0.2, -0.15) is 0 Å². The molecular weight excluding hydrogens is 266 g/mol. The normalized spacial score (nSPS) is 16.7. The predicted octanol–water partition coefficient (Wildman–Crippen LogP) is 3.76. The van der Waals surface area contributed by atoms with Gasteiger partial charge in [-0.3, -0.25) is 0 Å². The minimum Gasteiger partial charge on any atom is -0.495 e. The summed E-state index contributed by atoms with van der Waals surface area (Å²) in [5.74, 6) is 1.50. The van der Waals surface area contributed by atoms with Gasteiger partial charge in [0.05, 0.1) is 12.1 Å². The summed E-state index contributed by atoms with van der Waals surface area (Å²) in [6.45, 7) is 4.39. The number of piperidine rings is 1. The van der Waals surface area contributed by atoms with Crippen LogP contribution in [0.2, 0.25) is 5.02 Å². The van der Waals surface area contributed by atoms with Crippen LogP contribution < -0.4 is 4.74 Å². The Morgan fingerprint density at radius 3 is 2.61 bits per heavy atom. The van der Waals surface area contributed by atoms with Crippen molar-refractivity contribution < 1.29 is 4.74 Å². The largest absolute Gasteiger partial charge is 0.495 e. The summed E-state index contributed by atoms with van der Waals surface area (Å²) in [6, 6.07) is 5.74. The molecule has 0 radical (unpaired) electrons. The van der Waals surface area contributed by atoms with Gasteiger partial charge in [0.1, 0.15) is 10.7 Å². The molecule has 0 atom stereocenters. The van der Waals surface area contributed by atoms with Gasteiger partial charge in [-0.1, -0.05) is 30.7 Å². The lowest BCUT2D eigenvalue weighted by Gasteiger charge is -2.32. The topological polar surface area (TPSA) is 12.5 Å². The maximum Gasteiger partial charge on any atom is 0.137 e. The van der Waals surface area contributed by atoms with Crippen LogP contribution in [-0.4, -0.2) is 30.1 Å². The summed E-state index contributed by atoms with van der Waals surface area (Å²) in [5.41, 5.74) is 1.00. The van der Waals surface area contributed by atoms with Gasteiger partial charge in [0.2, 0.25) is 0 Å². The Morgan fingerprint density at radius 1 is 1.39 bits per heavy atom. The third-order valence-electron chi connectivity index (χ3n) is 3.47. The van der Waals surface area contributed by atoms with Crippen LogP contribution in [0.3, 0.4) is 0 Å². The second-order valence-corrected chi connectivity index (χ2v) is 5.62. The van der Waals surface area contributed by atoms with Gasteiger partial charge in [0.25, 0.3) is 0 Å². The predicted molar refractivity (Wildman–Crippen MR) is 79.7 cm³/mol. The average Bonchev–Trinajstić information content (AvgIpc) is 2.38. The van der Waals surface area contributed by atoms with Gasteiger partial charge < -0.3 is 9.64 Å². The van der Waals surface area contributed by atoms with Crippen molar-refractivity contribution in [3.05, 3.63) is 28.8 Å². The Hall–Kier alpha value is -0.800. The molecule has 0 bridgehead atoms. The number of rotatable bonds is 2. The molecule has 2 rings (SSSR count). The Morgan fingerprint density at radius 2 is 2.06 bits per heavy atom. The molecule has 4 heteroatoms. The maximum atomic E-state index is 6.13. The van der Waals surface area contributed by atoms with Gasteiger partial charge >= 0.3 is 0 Å². The first-order valence-corrected chi connectivity index (χ1v) is 7.03. The van der Waals surface area contributed by atoms with E-state index in [4.69, 9.17) is 28.6 Å². The fraction of sp³-hybridized carbons (Fsp3) is 0.500. The minimum atomic E-state index is 0.614. The minimum absolute atomic E-state index is 0.614. The Labute approximate surface area is 119 Å². The number of likely N-dealkylation sites (tertiary alicyclic amines) is 1. The van der Waals surface area contributed by atoms with Crippen molar-refractivity contribution >= 4 is 28.8 Å². The highest BCUT2D eigenvalue weighted by Gasteiger charge is 2.19. The molecule has 0 aromatic heterocycles. The van der Waals surface area contributed by atoms with E-state index in [2.05, 4.69) is 11.8 Å². The molecular formula is C14H18ClNOS. The quantitative estimate of drug-likeness (QED) is 0.767. The van der Waals surface area contributed by atoms with Crippen LogP contribution in [0.5, 0.6) is 5.75 Å². The van der Waals surface area contributed by atoms with Crippen LogP contribution in [0.15, 0.2) is 18.2 Å². The van der Waals surface area contributed by atoms with Gasteiger partial charge in [-0.25, -0.2) is 0 Å². The Kier molecular flexibility index (Phi) is 4.46. The van der Waals surface area contributed by atoms with Crippen LogP contribution in [0.1, 0.15) is 25.3 Å². The SMILES string of the molecule is COc1ccc(C(=S)N2CCC(C)CC2)cc1Cl. The Bertz CT molecular complexity index is 441. The van der Waals surface area contributed by atoms with Gasteiger partial charge in [0, 0.05) is 18.7 Å². The highest BCUT2D eigenvalue weighted by atomic mass is 35.5. The smallest absolute Gasteiger partial charge is 0.137 e.